The topological polar surface area (TPSA) is 113 Å². The van der Waals surface area contributed by atoms with Gasteiger partial charge < -0.3 is 10.2 Å². The van der Waals surface area contributed by atoms with Gasteiger partial charge in [0.15, 0.2) is 0 Å². The first-order valence-corrected chi connectivity index (χ1v) is 9.43. The van der Waals surface area contributed by atoms with Crippen molar-refractivity contribution < 1.29 is 23.4 Å². The van der Waals surface area contributed by atoms with E-state index in [0.29, 0.717) is 17.8 Å². The van der Waals surface area contributed by atoms with Crippen LogP contribution in [0.4, 0.5) is 0 Å². The van der Waals surface area contributed by atoms with E-state index in [-0.39, 0.29) is 30.8 Å². The van der Waals surface area contributed by atoms with E-state index in [1.807, 2.05) is 6.92 Å². The highest BCUT2D eigenvalue weighted by Crippen LogP contribution is 2.38. The third-order valence-electron chi connectivity index (χ3n) is 4.91. The van der Waals surface area contributed by atoms with Crippen LogP contribution in [0.15, 0.2) is 4.90 Å². The molecule has 0 aromatic carbocycles. The molecule has 9 heteroatoms. The summed E-state index contributed by atoms with van der Waals surface area (Å²) in [7, 11) is -2.21. The molecule has 1 saturated heterocycles. The molecule has 0 spiro atoms. The van der Waals surface area contributed by atoms with E-state index in [9.17, 15) is 23.4 Å². The molecule has 1 aromatic rings. The number of aryl methyl sites for hydroxylation is 2. The number of aliphatic carboxylic acids is 1. The van der Waals surface area contributed by atoms with E-state index in [1.54, 1.807) is 20.9 Å². The fraction of sp³-hybridized carbons (Fsp3) is 0.733. The minimum absolute atomic E-state index is 0.0933. The van der Waals surface area contributed by atoms with Crippen molar-refractivity contribution in [2.45, 2.75) is 51.0 Å². The molecule has 0 aliphatic carbocycles. The van der Waals surface area contributed by atoms with E-state index in [2.05, 4.69) is 5.10 Å². The highest BCUT2D eigenvalue weighted by molar-refractivity contribution is 7.89. The molecule has 1 aliphatic rings. The van der Waals surface area contributed by atoms with Gasteiger partial charge in [-0.3, -0.25) is 9.48 Å². The molecule has 1 aromatic heterocycles. The number of aromatic nitrogens is 2. The van der Waals surface area contributed by atoms with Gasteiger partial charge in [0.05, 0.1) is 17.5 Å². The van der Waals surface area contributed by atoms with Crippen LogP contribution in [0.5, 0.6) is 0 Å². The van der Waals surface area contributed by atoms with Gasteiger partial charge in [0.2, 0.25) is 10.0 Å². The summed E-state index contributed by atoms with van der Waals surface area (Å²) in [6.07, 6.45) is -0.190. The summed E-state index contributed by atoms with van der Waals surface area (Å²) >= 11 is 0. The molecular formula is C15H25N3O5S. The molecule has 2 rings (SSSR count). The number of aliphatic hydroxyl groups excluding tert-OH is 1. The molecule has 2 heterocycles. The van der Waals surface area contributed by atoms with Crippen LogP contribution in [0.2, 0.25) is 0 Å². The number of rotatable bonds is 5. The Kier molecular flexibility index (Phi) is 5.08. The molecule has 2 atom stereocenters. The number of carboxylic acids is 1. The van der Waals surface area contributed by atoms with Gasteiger partial charge in [0.1, 0.15) is 10.3 Å². The largest absolute Gasteiger partial charge is 0.481 e. The van der Waals surface area contributed by atoms with E-state index in [4.69, 9.17) is 0 Å². The maximum absolute atomic E-state index is 13.1. The number of hydrogen-bond acceptors (Lipinski definition) is 5. The Bertz CT molecular complexity index is 743. The Morgan fingerprint density at radius 2 is 2.04 bits per heavy atom. The second-order valence-electron chi connectivity index (χ2n) is 6.48. The van der Waals surface area contributed by atoms with Gasteiger partial charge in [-0.05, 0) is 26.7 Å². The highest BCUT2D eigenvalue weighted by atomic mass is 32.2. The monoisotopic (exact) mass is 359 g/mol. The normalized spacial score (nSPS) is 25.8. The molecule has 0 unspecified atom stereocenters. The van der Waals surface area contributed by atoms with Crippen LogP contribution >= 0.6 is 0 Å². The lowest BCUT2D eigenvalue weighted by Crippen LogP contribution is -2.57. The zero-order valence-electron chi connectivity index (χ0n) is 14.5. The van der Waals surface area contributed by atoms with Crippen molar-refractivity contribution in [1.82, 2.24) is 14.1 Å². The van der Waals surface area contributed by atoms with Gasteiger partial charge in [-0.25, -0.2) is 8.42 Å². The summed E-state index contributed by atoms with van der Waals surface area (Å²) in [5.74, 6) is -1.16. The Morgan fingerprint density at radius 1 is 1.42 bits per heavy atom. The maximum atomic E-state index is 13.1. The number of nitrogens with zero attached hydrogens (tertiary/aromatic N) is 3. The van der Waals surface area contributed by atoms with Crippen molar-refractivity contribution in [3.63, 3.8) is 0 Å². The molecular weight excluding hydrogens is 334 g/mol. The predicted octanol–water partition coefficient (Wildman–Crippen LogP) is 0.663. The second kappa shape index (κ2) is 6.45. The zero-order chi connectivity index (χ0) is 18.3. The lowest BCUT2D eigenvalue weighted by Gasteiger charge is -2.42. The van der Waals surface area contributed by atoms with E-state index in [1.165, 1.54) is 8.99 Å². The van der Waals surface area contributed by atoms with Gasteiger partial charge in [0, 0.05) is 20.1 Å². The van der Waals surface area contributed by atoms with Gasteiger partial charge in [-0.15, -0.1) is 0 Å². The van der Waals surface area contributed by atoms with Gasteiger partial charge in [0.25, 0.3) is 0 Å². The van der Waals surface area contributed by atoms with E-state index in [0.717, 1.165) is 0 Å². The molecule has 1 aliphatic heterocycles. The smallest absolute Gasteiger partial charge is 0.313 e. The van der Waals surface area contributed by atoms with Crippen molar-refractivity contribution >= 4 is 16.0 Å². The van der Waals surface area contributed by atoms with Crippen molar-refractivity contribution in [1.29, 1.82) is 0 Å². The summed E-state index contributed by atoms with van der Waals surface area (Å²) in [5.41, 5.74) is -0.572. The lowest BCUT2D eigenvalue weighted by molar-refractivity contribution is -0.161. The molecule has 24 heavy (non-hydrogen) atoms. The number of piperidine rings is 1. The van der Waals surface area contributed by atoms with Gasteiger partial charge in [-0.2, -0.15) is 9.40 Å². The fourth-order valence-corrected chi connectivity index (χ4v) is 5.44. The average molecular weight is 359 g/mol. The van der Waals surface area contributed by atoms with Gasteiger partial charge >= 0.3 is 5.97 Å². The Labute approximate surface area is 142 Å². The SMILES string of the molecule is CCC[C@@]1(C(=O)O)CN(S(=O)(=O)c2c(C)nn(C)c2C)CC[C@@H]1O. The van der Waals surface area contributed by atoms with E-state index < -0.39 is 27.5 Å². The minimum atomic E-state index is -3.87. The van der Waals surface area contributed by atoms with Gasteiger partial charge in [-0.1, -0.05) is 13.3 Å². The number of hydrogen-bond donors (Lipinski definition) is 2. The summed E-state index contributed by atoms with van der Waals surface area (Å²) in [4.78, 5) is 11.9. The number of sulfonamides is 1. The summed E-state index contributed by atoms with van der Waals surface area (Å²) in [5, 5.41) is 24.1. The Hall–Kier alpha value is -1.45. The van der Waals surface area contributed by atoms with Crippen LogP contribution in [0.25, 0.3) is 0 Å². The molecule has 1 fully saturated rings. The highest BCUT2D eigenvalue weighted by Gasteiger charge is 2.51. The molecule has 0 bridgehead atoms. The first-order chi connectivity index (χ1) is 11.1. The predicted molar refractivity (Wildman–Crippen MR) is 87.0 cm³/mol. The van der Waals surface area contributed by atoms with Crippen molar-refractivity contribution in [3.8, 4) is 0 Å². The van der Waals surface area contributed by atoms with Crippen LogP contribution in [0.1, 0.15) is 37.6 Å². The third-order valence-corrected chi connectivity index (χ3v) is 7.01. The van der Waals surface area contributed by atoms with Crippen molar-refractivity contribution in [2.75, 3.05) is 13.1 Å². The van der Waals surface area contributed by atoms with Crippen LogP contribution in [-0.2, 0) is 21.9 Å². The quantitative estimate of drug-likeness (QED) is 0.799. The number of carbonyl (C=O) groups is 1. The average Bonchev–Trinajstić information content (AvgIpc) is 2.74. The Morgan fingerprint density at radius 3 is 2.50 bits per heavy atom. The van der Waals surface area contributed by atoms with Crippen LogP contribution in [-0.4, -0.2) is 57.9 Å². The second-order valence-corrected chi connectivity index (χ2v) is 8.35. The lowest BCUT2D eigenvalue weighted by atomic mass is 9.74. The molecule has 0 radical (unpaired) electrons. The maximum Gasteiger partial charge on any atom is 0.313 e. The zero-order valence-corrected chi connectivity index (χ0v) is 15.3. The molecule has 2 N–H and O–H groups in total. The van der Waals surface area contributed by atoms with Crippen LogP contribution < -0.4 is 0 Å². The molecule has 0 amide bonds. The summed E-state index contributed by atoms with van der Waals surface area (Å²) in [6.45, 7) is 4.97. The third kappa shape index (κ3) is 2.84. The fourth-order valence-electron chi connectivity index (χ4n) is 3.51. The standard InChI is InChI=1S/C15H25N3O5S/c1-5-7-15(14(20)21)9-18(8-6-12(15)19)24(22,23)13-10(2)16-17(4)11(13)3/h12,19H,5-9H2,1-4H3,(H,20,21)/t12-,15+/m0/s1. The molecule has 136 valence electrons. The first kappa shape index (κ1) is 18.9. The van der Waals surface area contributed by atoms with E-state index >= 15 is 0 Å². The molecule has 8 nitrogen and oxygen atoms in total. The van der Waals surface area contributed by atoms with Crippen molar-refractivity contribution in [2.24, 2.45) is 12.5 Å². The summed E-state index contributed by atoms with van der Waals surface area (Å²) < 4.78 is 28.8. The van der Waals surface area contributed by atoms with Crippen LogP contribution in [0, 0.1) is 19.3 Å². The summed E-state index contributed by atoms with van der Waals surface area (Å²) in [6, 6.07) is 0. The number of aliphatic hydroxyl groups is 1. The number of carboxylic acid groups (broad SMARTS) is 1. The minimum Gasteiger partial charge on any atom is -0.481 e. The first-order valence-electron chi connectivity index (χ1n) is 7.99. The van der Waals surface area contributed by atoms with Crippen molar-refractivity contribution in [3.05, 3.63) is 11.4 Å². The van der Waals surface area contributed by atoms with Crippen LogP contribution in [0.3, 0.4) is 0 Å². The molecule has 0 saturated carbocycles. The Balaban J connectivity index is 2.47.